The zero-order chi connectivity index (χ0) is 24.5. The van der Waals surface area contributed by atoms with E-state index >= 15 is 0 Å². The highest BCUT2D eigenvalue weighted by Crippen LogP contribution is 2.39. The van der Waals surface area contributed by atoms with Crippen LogP contribution in [0.25, 0.3) is 0 Å². The highest BCUT2D eigenvalue weighted by Gasteiger charge is 2.36. The minimum atomic E-state index is -4.69. The third-order valence-electron chi connectivity index (χ3n) is 3.77. The highest BCUT2D eigenvalue weighted by molar-refractivity contribution is 5.71. The van der Waals surface area contributed by atoms with E-state index in [1.807, 2.05) is 0 Å². The molecule has 0 aromatic heterocycles. The van der Waals surface area contributed by atoms with Crippen LogP contribution in [-0.4, -0.2) is 41.4 Å². The van der Waals surface area contributed by atoms with Gasteiger partial charge in [0, 0.05) is 19.2 Å². The number of rotatable bonds is 7. The molecule has 0 spiro atoms. The lowest BCUT2D eigenvalue weighted by atomic mass is 10.1. The molecule has 0 saturated carbocycles. The van der Waals surface area contributed by atoms with Crippen LogP contribution in [0.1, 0.15) is 11.1 Å². The summed E-state index contributed by atoms with van der Waals surface area (Å²) in [5, 5.41) is 32.3. The fourth-order valence-electron chi connectivity index (χ4n) is 2.48. The number of hydrogen-bond donors (Lipinski definition) is 5. The van der Waals surface area contributed by atoms with E-state index in [-0.39, 0.29) is 31.1 Å². The predicted molar refractivity (Wildman–Crippen MR) is 105 cm³/mol. The summed E-state index contributed by atoms with van der Waals surface area (Å²) in [7, 11) is 0. The Morgan fingerprint density at radius 3 is 1.72 bits per heavy atom. The number of alkyl halides is 6. The third-order valence-corrected chi connectivity index (χ3v) is 3.77. The van der Waals surface area contributed by atoms with E-state index in [9.17, 15) is 36.5 Å². The van der Waals surface area contributed by atoms with Gasteiger partial charge in [-0.15, -0.1) is 0 Å². The van der Waals surface area contributed by atoms with Crippen molar-refractivity contribution in [3.05, 3.63) is 57.6 Å². The molecule has 2 rings (SSSR count). The van der Waals surface area contributed by atoms with Crippen LogP contribution in [0, 0.1) is 10.1 Å². The topological polar surface area (TPSA) is 134 Å². The molecular formula is C18H20F6N4O4. The van der Waals surface area contributed by atoms with Crippen LogP contribution in [0.4, 0.5) is 49.1 Å². The molecule has 0 aliphatic rings. The first-order valence-electron chi connectivity index (χ1n) is 8.84. The maximum atomic E-state index is 12.6. The molecule has 0 fully saturated rings. The maximum Gasteiger partial charge on any atom is 0.418 e. The number of nitrogen functional groups attached to an aromatic ring is 1. The van der Waals surface area contributed by atoms with Gasteiger partial charge in [-0.3, -0.25) is 10.1 Å². The third kappa shape index (κ3) is 7.46. The number of nitrogens with two attached hydrogens (primary N) is 1. The zero-order valence-electron chi connectivity index (χ0n) is 16.3. The number of benzene rings is 2. The molecule has 14 heteroatoms. The lowest BCUT2D eigenvalue weighted by Crippen LogP contribution is -2.14. The van der Waals surface area contributed by atoms with Crippen molar-refractivity contribution in [1.82, 2.24) is 0 Å². The van der Waals surface area contributed by atoms with Gasteiger partial charge < -0.3 is 26.6 Å². The summed E-state index contributed by atoms with van der Waals surface area (Å²) in [5.41, 5.74) is 2.00. The normalized spacial score (nSPS) is 11.4. The standard InChI is InChI=1S/C9H9F3N2O3.C9H11F3N2O/c10-9(11,12)6-2-1-3-7(14(16)17)8(6)13-4-5-15;10-9(11,12)6-2-1-3-7(13)8(6)14-4-5-15/h1-3,13,15H,4-5H2;1-3,14-15H,4-5,13H2. The number of aliphatic hydroxyl groups excluding tert-OH is 2. The second-order valence-electron chi connectivity index (χ2n) is 6.02. The Morgan fingerprint density at radius 2 is 1.28 bits per heavy atom. The molecule has 0 bridgehead atoms. The van der Waals surface area contributed by atoms with Gasteiger partial charge in [-0.2, -0.15) is 26.3 Å². The molecule has 178 valence electrons. The molecule has 2 aromatic rings. The van der Waals surface area contributed by atoms with E-state index in [0.29, 0.717) is 0 Å². The quantitative estimate of drug-likeness (QED) is 0.180. The van der Waals surface area contributed by atoms with Crippen molar-refractivity contribution in [3.63, 3.8) is 0 Å². The average Bonchev–Trinajstić information content (AvgIpc) is 2.70. The summed E-state index contributed by atoms with van der Waals surface area (Å²) in [6, 6.07) is 6.22. The molecule has 0 atom stereocenters. The molecule has 0 amide bonds. The molecule has 32 heavy (non-hydrogen) atoms. The second-order valence-corrected chi connectivity index (χ2v) is 6.02. The van der Waals surface area contributed by atoms with Crippen LogP contribution >= 0.6 is 0 Å². The molecule has 0 aliphatic carbocycles. The number of para-hydroxylation sites is 2. The number of halogens is 6. The summed E-state index contributed by atoms with van der Waals surface area (Å²) in [6.07, 6.45) is -9.14. The van der Waals surface area contributed by atoms with Crippen LogP contribution in [-0.2, 0) is 12.4 Å². The number of nitrogens with one attached hydrogen (secondary N) is 2. The Balaban J connectivity index is 0.000000323. The van der Waals surface area contributed by atoms with Crippen LogP contribution in [0.15, 0.2) is 36.4 Å². The predicted octanol–water partition coefficient (Wildman–Crippen LogP) is 3.71. The molecule has 0 radical (unpaired) electrons. The number of nitro groups is 1. The first-order chi connectivity index (χ1) is 14.8. The Bertz CT molecular complexity index is 906. The molecule has 0 aliphatic heterocycles. The van der Waals surface area contributed by atoms with Gasteiger partial charge >= 0.3 is 12.4 Å². The molecule has 2 aromatic carbocycles. The Labute approximate surface area is 177 Å². The summed E-state index contributed by atoms with van der Waals surface area (Å²) in [6.45, 7) is -0.861. The number of nitrogens with zero attached hydrogens (tertiary/aromatic N) is 1. The minimum Gasteiger partial charge on any atom is -0.397 e. The lowest BCUT2D eigenvalue weighted by Gasteiger charge is -2.15. The van der Waals surface area contributed by atoms with Crippen molar-refractivity contribution in [2.45, 2.75) is 12.4 Å². The Morgan fingerprint density at radius 1 is 0.844 bits per heavy atom. The second kappa shape index (κ2) is 11.4. The SMILES string of the molecule is Nc1cccc(C(F)(F)F)c1NCCO.O=[N+]([O-])c1cccc(C(F)(F)F)c1NCCO. The van der Waals surface area contributed by atoms with Crippen LogP contribution in [0.3, 0.4) is 0 Å². The summed E-state index contributed by atoms with van der Waals surface area (Å²) < 4.78 is 75.3. The van der Waals surface area contributed by atoms with Gasteiger partial charge in [0.15, 0.2) is 0 Å². The number of hydrogen-bond acceptors (Lipinski definition) is 7. The summed E-state index contributed by atoms with van der Waals surface area (Å²) in [5.74, 6) is 0. The van der Waals surface area contributed by atoms with Crippen molar-refractivity contribution < 1.29 is 41.5 Å². The van der Waals surface area contributed by atoms with Gasteiger partial charge in [-0.1, -0.05) is 12.1 Å². The van der Waals surface area contributed by atoms with E-state index in [1.54, 1.807) is 0 Å². The van der Waals surface area contributed by atoms with Gasteiger partial charge in [-0.25, -0.2) is 0 Å². The van der Waals surface area contributed by atoms with E-state index in [2.05, 4.69) is 10.6 Å². The van der Waals surface area contributed by atoms with E-state index in [0.717, 1.165) is 24.3 Å². The minimum absolute atomic E-state index is 0.0123. The zero-order valence-corrected chi connectivity index (χ0v) is 16.3. The molecular weight excluding hydrogens is 450 g/mol. The first-order valence-corrected chi connectivity index (χ1v) is 8.84. The monoisotopic (exact) mass is 470 g/mol. The van der Waals surface area contributed by atoms with E-state index in [1.165, 1.54) is 12.1 Å². The summed E-state index contributed by atoms with van der Waals surface area (Å²) in [4.78, 5) is 9.69. The van der Waals surface area contributed by atoms with Crippen molar-refractivity contribution in [3.8, 4) is 0 Å². The highest BCUT2D eigenvalue weighted by atomic mass is 19.4. The van der Waals surface area contributed by atoms with Crippen LogP contribution in [0.2, 0.25) is 0 Å². The Hall–Kier alpha value is -3.26. The van der Waals surface area contributed by atoms with Gasteiger partial charge in [0.05, 0.1) is 40.6 Å². The average molecular weight is 470 g/mol. The smallest absolute Gasteiger partial charge is 0.397 e. The summed E-state index contributed by atoms with van der Waals surface area (Å²) >= 11 is 0. The Kier molecular flexibility index (Phi) is 9.53. The van der Waals surface area contributed by atoms with Gasteiger partial charge in [-0.05, 0) is 18.2 Å². The first kappa shape index (κ1) is 26.8. The van der Waals surface area contributed by atoms with Gasteiger partial charge in [0.1, 0.15) is 5.69 Å². The molecule has 0 unspecified atom stereocenters. The van der Waals surface area contributed by atoms with Crippen molar-refractivity contribution in [2.24, 2.45) is 0 Å². The molecule has 0 heterocycles. The van der Waals surface area contributed by atoms with Gasteiger partial charge in [0.25, 0.3) is 5.69 Å². The number of nitro benzene ring substituents is 1. The largest absolute Gasteiger partial charge is 0.418 e. The number of aliphatic hydroxyl groups is 2. The van der Waals surface area contributed by atoms with Gasteiger partial charge in [0.2, 0.25) is 0 Å². The van der Waals surface area contributed by atoms with Crippen molar-refractivity contribution in [2.75, 3.05) is 42.7 Å². The van der Waals surface area contributed by atoms with Crippen molar-refractivity contribution >= 4 is 22.7 Å². The van der Waals surface area contributed by atoms with E-state index in [4.69, 9.17) is 15.9 Å². The molecule has 8 nitrogen and oxygen atoms in total. The maximum absolute atomic E-state index is 12.6. The fraction of sp³-hybridized carbons (Fsp3) is 0.333. The van der Waals surface area contributed by atoms with Crippen LogP contribution in [0.5, 0.6) is 0 Å². The lowest BCUT2D eigenvalue weighted by molar-refractivity contribution is -0.384. The molecule has 0 saturated heterocycles. The fourth-order valence-corrected chi connectivity index (χ4v) is 2.48. The van der Waals surface area contributed by atoms with Crippen LogP contribution < -0.4 is 16.4 Å². The van der Waals surface area contributed by atoms with E-state index < -0.39 is 46.4 Å². The van der Waals surface area contributed by atoms with Crippen molar-refractivity contribution in [1.29, 1.82) is 0 Å². The molecule has 6 N–H and O–H groups in total. The number of anilines is 3.